The van der Waals surface area contributed by atoms with Gasteiger partial charge in [0.25, 0.3) is 11.5 Å². The van der Waals surface area contributed by atoms with E-state index in [0.717, 1.165) is 22.9 Å². The van der Waals surface area contributed by atoms with Gasteiger partial charge in [-0.1, -0.05) is 43.3 Å². The van der Waals surface area contributed by atoms with E-state index in [0.29, 0.717) is 49.9 Å². The number of piperazine rings is 1. The summed E-state index contributed by atoms with van der Waals surface area (Å²) in [5, 5.41) is 13.7. The quantitative estimate of drug-likeness (QED) is 0.348. The molecule has 1 aliphatic rings. The van der Waals surface area contributed by atoms with Crippen LogP contribution in [0.3, 0.4) is 0 Å². The molecule has 1 N–H and O–H groups in total. The van der Waals surface area contributed by atoms with Gasteiger partial charge in [-0.05, 0) is 63.7 Å². The molecule has 0 saturated carbocycles. The number of fused-ring (bicyclic) bond motifs is 1. The molecule has 0 radical (unpaired) electrons. The number of H-pyrrole nitrogens is 1. The minimum atomic E-state index is -0.497. The number of aryl methyl sites for hydroxylation is 1. The molecule has 0 aliphatic carbocycles. The van der Waals surface area contributed by atoms with Crippen LogP contribution in [0.25, 0.3) is 10.9 Å². The molecule has 1 fully saturated rings. The van der Waals surface area contributed by atoms with Gasteiger partial charge in [0.2, 0.25) is 0 Å². The Kier molecular flexibility index (Phi) is 6.76. The zero-order valence-corrected chi connectivity index (χ0v) is 21.7. The topological polar surface area (TPSA) is 113 Å². The molecule has 0 spiro atoms. The summed E-state index contributed by atoms with van der Waals surface area (Å²) in [6.07, 6.45) is 2.40. The normalized spacial score (nSPS) is 15.1. The van der Waals surface area contributed by atoms with E-state index in [1.165, 1.54) is 11.8 Å². The number of benzene rings is 2. The Morgan fingerprint density at radius 1 is 1.00 bits per heavy atom. The third kappa shape index (κ3) is 4.98. The van der Waals surface area contributed by atoms with Gasteiger partial charge in [-0.2, -0.15) is 0 Å². The largest absolute Gasteiger partial charge is 0.459 e. The lowest BCUT2D eigenvalue weighted by Gasteiger charge is -2.38. The summed E-state index contributed by atoms with van der Waals surface area (Å²) in [4.78, 5) is 33.4. The number of rotatable bonds is 7. The predicted octanol–water partition coefficient (Wildman–Crippen LogP) is 3.27. The molecule has 39 heavy (non-hydrogen) atoms. The molecule has 1 saturated heterocycles. The van der Waals surface area contributed by atoms with Crippen LogP contribution in [0.5, 0.6) is 0 Å². The van der Waals surface area contributed by atoms with Gasteiger partial charge >= 0.3 is 0 Å². The van der Waals surface area contributed by atoms with Crippen molar-refractivity contribution in [2.45, 2.75) is 25.9 Å². The van der Waals surface area contributed by atoms with E-state index >= 15 is 0 Å². The highest BCUT2D eigenvalue weighted by atomic mass is 16.3. The number of pyridine rings is 1. The maximum absolute atomic E-state index is 13.5. The zero-order valence-electron chi connectivity index (χ0n) is 21.7. The van der Waals surface area contributed by atoms with Crippen molar-refractivity contribution in [3.8, 4) is 0 Å². The fourth-order valence-electron chi connectivity index (χ4n) is 5.21. The minimum absolute atomic E-state index is 0.138. The molecular formula is C29H29N7O3. The highest BCUT2D eigenvalue weighted by Crippen LogP contribution is 2.29. The van der Waals surface area contributed by atoms with Crippen LogP contribution in [0.15, 0.2) is 82.2 Å². The second-order valence-electron chi connectivity index (χ2n) is 9.72. The highest BCUT2D eigenvalue weighted by molar-refractivity contribution is 5.91. The Balaban J connectivity index is 1.38. The molecule has 10 heteroatoms. The molecule has 2 aromatic carbocycles. The molecule has 6 rings (SSSR count). The molecule has 3 aromatic heterocycles. The Morgan fingerprint density at radius 2 is 1.82 bits per heavy atom. The second-order valence-corrected chi connectivity index (χ2v) is 9.72. The molecule has 198 valence electrons. The van der Waals surface area contributed by atoms with E-state index in [1.54, 1.807) is 21.7 Å². The van der Waals surface area contributed by atoms with Gasteiger partial charge < -0.3 is 14.3 Å². The Bertz CT molecular complexity index is 1630. The lowest BCUT2D eigenvalue weighted by Crippen LogP contribution is -2.50. The van der Waals surface area contributed by atoms with E-state index in [1.807, 2.05) is 48.5 Å². The van der Waals surface area contributed by atoms with Gasteiger partial charge in [0, 0.05) is 37.3 Å². The molecule has 0 bridgehead atoms. The van der Waals surface area contributed by atoms with Crippen molar-refractivity contribution in [3.05, 3.63) is 112 Å². The first-order valence-electron chi connectivity index (χ1n) is 13.1. The van der Waals surface area contributed by atoms with Crippen LogP contribution in [0.1, 0.15) is 46.0 Å². The highest BCUT2D eigenvalue weighted by Gasteiger charge is 2.34. The summed E-state index contributed by atoms with van der Waals surface area (Å²) < 4.78 is 7.08. The van der Waals surface area contributed by atoms with Crippen LogP contribution < -0.4 is 5.56 Å². The SMILES string of the molecule is CCc1ccc2[nH]c(=O)c([C@H](c3nnnn3Cc3ccccc3)N3CCN(C(=O)c4ccco4)CC3)cc2c1. The fraction of sp³-hybridized carbons (Fsp3) is 0.276. The first kappa shape index (κ1) is 24.7. The first-order valence-corrected chi connectivity index (χ1v) is 13.1. The van der Waals surface area contributed by atoms with E-state index in [9.17, 15) is 9.59 Å². The molecule has 4 heterocycles. The van der Waals surface area contributed by atoms with E-state index in [4.69, 9.17) is 4.42 Å². The van der Waals surface area contributed by atoms with Gasteiger partial charge in [-0.25, -0.2) is 4.68 Å². The number of carbonyl (C=O) groups is 1. The third-order valence-corrected chi connectivity index (χ3v) is 7.32. The van der Waals surface area contributed by atoms with Crippen LogP contribution >= 0.6 is 0 Å². The maximum Gasteiger partial charge on any atom is 0.289 e. The van der Waals surface area contributed by atoms with E-state index < -0.39 is 6.04 Å². The lowest BCUT2D eigenvalue weighted by atomic mass is 10.0. The van der Waals surface area contributed by atoms with E-state index in [-0.39, 0.29) is 11.5 Å². The molecular weight excluding hydrogens is 494 g/mol. The van der Waals surface area contributed by atoms with Gasteiger partial charge in [0.15, 0.2) is 11.6 Å². The van der Waals surface area contributed by atoms with Crippen molar-refractivity contribution in [2.75, 3.05) is 26.2 Å². The number of nitrogens with zero attached hydrogens (tertiary/aromatic N) is 6. The lowest BCUT2D eigenvalue weighted by molar-refractivity contribution is 0.0558. The smallest absolute Gasteiger partial charge is 0.289 e. The number of tetrazole rings is 1. The van der Waals surface area contributed by atoms with Crippen molar-refractivity contribution >= 4 is 16.8 Å². The molecule has 1 amide bonds. The summed E-state index contributed by atoms with van der Waals surface area (Å²) >= 11 is 0. The van der Waals surface area contributed by atoms with Crippen molar-refractivity contribution in [3.63, 3.8) is 0 Å². The number of hydrogen-bond donors (Lipinski definition) is 1. The van der Waals surface area contributed by atoms with Crippen LogP contribution in [0.2, 0.25) is 0 Å². The first-order chi connectivity index (χ1) is 19.1. The van der Waals surface area contributed by atoms with Gasteiger partial charge in [-0.3, -0.25) is 14.5 Å². The zero-order chi connectivity index (χ0) is 26.8. The van der Waals surface area contributed by atoms with Crippen LogP contribution in [0, 0.1) is 0 Å². The number of carbonyl (C=O) groups excluding carboxylic acids is 1. The second kappa shape index (κ2) is 10.7. The number of furan rings is 1. The maximum atomic E-state index is 13.5. The van der Waals surface area contributed by atoms with Crippen molar-refractivity contribution in [1.82, 2.24) is 35.0 Å². The van der Waals surface area contributed by atoms with Crippen LogP contribution in [0.4, 0.5) is 0 Å². The minimum Gasteiger partial charge on any atom is -0.459 e. The summed E-state index contributed by atoms with van der Waals surface area (Å²) in [6.45, 7) is 4.65. The number of amides is 1. The summed E-state index contributed by atoms with van der Waals surface area (Å²) in [5.74, 6) is 0.770. The van der Waals surface area contributed by atoms with Gasteiger partial charge in [0.05, 0.1) is 12.8 Å². The number of hydrogen-bond acceptors (Lipinski definition) is 7. The summed E-state index contributed by atoms with van der Waals surface area (Å²) in [7, 11) is 0. The Morgan fingerprint density at radius 3 is 2.56 bits per heavy atom. The average Bonchev–Trinajstić information content (AvgIpc) is 3.67. The number of nitrogens with one attached hydrogen (secondary N) is 1. The van der Waals surface area contributed by atoms with Crippen LogP contribution in [-0.2, 0) is 13.0 Å². The monoisotopic (exact) mass is 523 g/mol. The van der Waals surface area contributed by atoms with Gasteiger partial charge in [0.1, 0.15) is 6.04 Å². The fourth-order valence-corrected chi connectivity index (χ4v) is 5.21. The van der Waals surface area contributed by atoms with Crippen LogP contribution in [-0.4, -0.2) is 67.1 Å². The molecule has 10 nitrogen and oxygen atoms in total. The number of aromatic amines is 1. The van der Waals surface area contributed by atoms with E-state index in [2.05, 4.69) is 38.4 Å². The third-order valence-electron chi connectivity index (χ3n) is 7.32. The Hall–Kier alpha value is -4.57. The predicted molar refractivity (Wildman–Crippen MR) is 145 cm³/mol. The number of aromatic nitrogens is 5. The molecule has 1 aliphatic heterocycles. The standard InChI is InChI=1S/C29H29N7O3/c1-2-20-10-11-24-22(17-20)18-23(28(37)30-24)26(27-31-32-33-36(27)19-21-7-4-3-5-8-21)34-12-14-35(15-13-34)29(38)25-9-6-16-39-25/h3-11,16-18,26H,2,12-15,19H2,1H3,(H,30,37)/t26-/m1/s1. The van der Waals surface area contributed by atoms with Gasteiger partial charge in [-0.15, -0.1) is 5.10 Å². The summed E-state index contributed by atoms with van der Waals surface area (Å²) in [6, 6.07) is 20.9. The van der Waals surface area contributed by atoms with Crippen molar-refractivity contribution < 1.29 is 9.21 Å². The molecule has 1 atom stereocenters. The molecule has 0 unspecified atom stereocenters. The average molecular weight is 524 g/mol. The summed E-state index contributed by atoms with van der Waals surface area (Å²) in [5.41, 5.74) is 3.43. The molecule has 5 aromatic rings. The van der Waals surface area contributed by atoms with Crippen molar-refractivity contribution in [1.29, 1.82) is 0 Å². The van der Waals surface area contributed by atoms with Crippen molar-refractivity contribution in [2.24, 2.45) is 0 Å². The Labute approximate surface area is 224 Å².